The number of benzene rings is 1. The molecule has 98 valence electrons. The largest absolute Gasteiger partial charge is 0.369 e. The van der Waals surface area contributed by atoms with Gasteiger partial charge in [-0.05, 0) is 35.9 Å². The Balaban J connectivity index is 2.46. The first-order valence-electron chi connectivity index (χ1n) is 5.36. The van der Waals surface area contributed by atoms with Crippen molar-refractivity contribution in [1.82, 2.24) is 4.98 Å². The summed E-state index contributed by atoms with van der Waals surface area (Å²) in [5.41, 5.74) is 6.89. The van der Waals surface area contributed by atoms with Crippen LogP contribution in [0, 0.1) is 5.82 Å². The topological polar surface area (TPSA) is 56.0 Å². The van der Waals surface area contributed by atoms with Crippen LogP contribution in [0.4, 0.5) is 4.39 Å². The molecule has 0 unspecified atom stereocenters. The summed E-state index contributed by atoms with van der Waals surface area (Å²) in [6.07, 6.45) is 0.0597. The molecule has 0 saturated heterocycles. The van der Waals surface area contributed by atoms with Crippen LogP contribution < -0.4 is 5.73 Å². The van der Waals surface area contributed by atoms with Gasteiger partial charge in [0, 0.05) is 5.56 Å². The lowest BCUT2D eigenvalue weighted by atomic mass is 10.1. The number of primary amides is 1. The normalized spacial score (nSPS) is 10.5. The number of rotatable bonds is 3. The number of carbonyl (C=O) groups is 1. The average Bonchev–Trinajstić information content (AvgIpc) is 2.31. The molecule has 0 fully saturated rings. The standard InChI is InChI=1S/C13H9Cl2FN2O/c14-9-6-8(1-2-10(9)16)11-3-7(5-13(17)19)4-12(15)18-11/h1-4,6H,5H2,(H2,17,19). The summed E-state index contributed by atoms with van der Waals surface area (Å²) in [7, 11) is 0. The lowest BCUT2D eigenvalue weighted by Crippen LogP contribution is -2.13. The number of hydrogen-bond acceptors (Lipinski definition) is 2. The van der Waals surface area contributed by atoms with Crippen molar-refractivity contribution in [2.24, 2.45) is 5.73 Å². The predicted octanol–water partition coefficient (Wildman–Crippen LogP) is 3.22. The Bertz CT molecular complexity index is 647. The van der Waals surface area contributed by atoms with Crippen LogP contribution in [0.25, 0.3) is 11.3 Å². The molecule has 1 heterocycles. The van der Waals surface area contributed by atoms with E-state index in [9.17, 15) is 9.18 Å². The highest BCUT2D eigenvalue weighted by Crippen LogP contribution is 2.25. The lowest BCUT2D eigenvalue weighted by molar-refractivity contribution is -0.117. The maximum absolute atomic E-state index is 13.1. The fourth-order valence-electron chi connectivity index (χ4n) is 1.66. The first-order chi connectivity index (χ1) is 8.95. The van der Waals surface area contributed by atoms with Crippen LogP contribution in [0.2, 0.25) is 10.2 Å². The average molecular weight is 299 g/mol. The number of amides is 1. The Morgan fingerprint density at radius 3 is 2.63 bits per heavy atom. The monoisotopic (exact) mass is 298 g/mol. The Kier molecular flexibility index (Phi) is 4.02. The molecule has 19 heavy (non-hydrogen) atoms. The summed E-state index contributed by atoms with van der Waals surface area (Å²) in [5, 5.41) is 0.227. The maximum atomic E-state index is 13.1. The fourth-order valence-corrected chi connectivity index (χ4v) is 2.07. The maximum Gasteiger partial charge on any atom is 0.221 e. The van der Waals surface area contributed by atoms with Gasteiger partial charge in [-0.1, -0.05) is 23.2 Å². The molecule has 1 aromatic carbocycles. The molecule has 0 aliphatic heterocycles. The molecule has 0 atom stereocenters. The molecule has 2 aromatic rings. The zero-order valence-electron chi connectivity index (χ0n) is 9.66. The zero-order chi connectivity index (χ0) is 14.0. The second kappa shape index (κ2) is 5.55. The van der Waals surface area contributed by atoms with E-state index in [1.807, 2.05) is 0 Å². The molecule has 1 aromatic heterocycles. The SMILES string of the molecule is NC(=O)Cc1cc(Cl)nc(-c2ccc(F)c(Cl)c2)c1. The number of pyridine rings is 1. The van der Waals surface area contributed by atoms with E-state index in [-0.39, 0.29) is 16.6 Å². The smallest absolute Gasteiger partial charge is 0.221 e. The molecule has 0 aliphatic carbocycles. The van der Waals surface area contributed by atoms with Gasteiger partial charge < -0.3 is 5.73 Å². The molecule has 0 aliphatic rings. The van der Waals surface area contributed by atoms with Gasteiger partial charge in [-0.2, -0.15) is 0 Å². The molecule has 0 saturated carbocycles. The summed E-state index contributed by atoms with van der Waals surface area (Å²) in [6, 6.07) is 7.45. The second-order valence-electron chi connectivity index (χ2n) is 3.96. The van der Waals surface area contributed by atoms with Crippen molar-refractivity contribution in [2.75, 3.05) is 0 Å². The van der Waals surface area contributed by atoms with Crippen molar-refractivity contribution < 1.29 is 9.18 Å². The van der Waals surface area contributed by atoms with Crippen LogP contribution in [-0.2, 0) is 11.2 Å². The number of carbonyl (C=O) groups excluding carboxylic acids is 1. The third-order valence-corrected chi connectivity index (χ3v) is 2.93. The Morgan fingerprint density at radius 2 is 2.00 bits per heavy atom. The molecular weight excluding hydrogens is 290 g/mol. The van der Waals surface area contributed by atoms with Crippen LogP contribution in [0.15, 0.2) is 30.3 Å². The first-order valence-corrected chi connectivity index (χ1v) is 6.11. The first kappa shape index (κ1) is 13.8. The van der Waals surface area contributed by atoms with Gasteiger partial charge in [-0.3, -0.25) is 4.79 Å². The van der Waals surface area contributed by atoms with Gasteiger partial charge in [-0.25, -0.2) is 9.37 Å². The van der Waals surface area contributed by atoms with E-state index in [2.05, 4.69) is 4.98 Å². The van der Waals surface area contributed by atoms with Gasteiger partial charge in [0.1, 0.15) is 11.0 Å². The van der Waals surface area contributed by atoms with Crippen molar-refractivity contribution >= 4 is 29.1 Å². The Hall–Kier alpha value is -1.65. The number of nitrogens with two attached hydrogens (primary N) is 1. The van der Waals surface area contributed by atoms with E-state index >= 15 is 0 Å². The second-order valence-corrected chi connectivity index (χ2v) is 4.75. The summed E-state index contributed by atoms with van der Waals surface area (Å²) in [6.45, 7) is 0. The number of halogens is 3. The minimum Gasteiger partial charge on any atom is -0.369 e. The van der Waals surface area contributed by atoms with Gasteiger partial charge in [0.05, 0.1) is 17.1 Å². The molecule has 3 nitrogen and oxygen atoms in total. The molecule has 2 rings (SSSR count). The van der Waals surface area contributed by atoms with Crippen molar-refractivity contribution in [3.8, 4) is 11.3 Å². The molecule has 0 bridgehead atoms. The summed E-state index contributed by atoms with van der Waals surface area (Å²) < 4.78 is 13.1. The number of nitrogens with zero attached hydrogens (tertiary/aromatic N) is 1. The van der Waals surface area contributed by atoms with E-state index in [0.29, 0.717) is 16.8 Å². The van der Waals surface area contributed by atoms with Gasteiger partial charge in [-0.15, -0.1) is 0 Å². The van der Waals surface area contributed by atoms with Crippen LogP contribution in [-0.4, -0.2) is 10.9 Å². The van der Waals surface area contributed by atoms with E-state index < -0.39 is 11.7 Å². The highest BCUT2D eigenvalue weighted by molar-refractivity contribution is 6.31. The summed E-state index contributed by atoms with van der Waals surface area (Å²) in [4.78, 5) is 15.0. The van der Waals surface area contributed by atoms with Crippen LogP contribution in [0.5, 0.6) is 0 Å². The molecule has 6 heteroatoms. The van der Waals surface area contributed by atoms with E-state index in [1.54, 1.807) is 12.1 Å². The fraction of sp³-hybridized carbons (Fsp3) is 0.0769. The van der Waals surface area contributed by atoms with Crippen molar-refractivity contribution in [2.45, 2.75) is 6.42 Å². The van der Waals surface area contributed by atoms with Crippen LogP contribution in [0.1, 0.15) is 5.56 Å². The highest BCUT2D eigenvalue weighted by atomic mass is 35.5. The number of hydrogen-bond donors (Lipinski definition) is 1. The summed E-state index contributed by atoms with van der Waals surface area (Å²) in [5.74, 6) is -0.977. The minimum absolute atomic E-state index is 0.00396. The molecule has 1 amide bonds. The molecule has 2 N–H and O–H groups in total. The minimum atomic E-state index is -0.509. The van der Waals surface area contributed by atoms with E-state index in [4.69, 9.17) is 28.9 Å². The van der Waals surface area contributed by atoms with Crippen molar-refractivity contribution in [3.05, 3.63) is 51.9 Å². The molecular formula is C13H9Cl2FN2O. The molecule has 0 spiro atoms. The van der Waals surface area contributed by atoms with Gasteiger partial charge in [0.15, 0.2) is 0 Å². The molecule has 0 radical (unpaired) electrons. The predicted molar refractivity (Wildman–Crippen MR) is 72.5 cm³/mol. The van der Waals surface area contributed by atoms with Crippen LogP contribution in [0.3, 0.4) is 0 Å². The van der Waals surface area contributed by atoms with Gasteiger partial charge >= 0.3 is 0 Å². The summed E-state index contributed by atoms with van der Waals surface area (Å²) >= 11 is 11.6. The zero-order valence-corrected chi connectivity index (χ0v) is 11.2. The van der Waals surface area contributed by atoms with Crippen LogP contribution >= 0.6 is 23.2 Å². The lowest BCUT2D eigenvalue weighted by Gasteiger charge is -2.06. The van der Waals surface area contributed by atoms with Gasteiger partial charge in [0.25, 0.3) is 0 Å². The van der Waals surface area contributed by atoms with E-state index in [0.717, 1.165) is 0 Å². The third kappa shape index (κ3) is 3.43. The Labute approximate surface area is 119 Å². The third-order valence-electron chi connectivity index (χ3n) is 2.45. The number of aromatic nitrogens is 1. The Morgan fingerprint density at radius 1 is 1.26 bits per heavy atom. The highest BCUT2D eigenvalue weighted by Gasteiger charge is 2.08. The van der Waals surface area contributed by atoms with Crippen molar-refractivity contribution in [1.29, 1.82) is 0 Å². The van der Waals surface area contributed by atoms with E-state index in [1.165, 1.54) is 18.2 Å². The van der Waals surface area contributed by atoms with Crippen molar-refractivity contribution in [3.63, 3.8) is 0 Å². The quantitative estimate of drug-likeness (QED) is 0.885. The van der Waals surface area contributed by atoms with Gasteiger partial charge in [0.2, 0.25) is 5.91 Å².